The van der Waals surface area contributed by atoms with Gasteiger partial charge in [-0.25, -0.2) is 0 Å². The van der Waals surface area contributed by atoms with Gasteiger partial charge in [0.05, 0.1) is 11.5 Å². The summed E-state index contributed by atoms with van der Waals surface area (Å²) in [5.41, 5.74) is 2.12. The molecule has 2 fully saturated rings. The highest BCUT2D eigenvalue weighted by atomic mass is 16.3. The van der Waals surface area contributed by atoms with Crippen molar-refractivity contribution in [2.45, 2.75) is 50.5 Å². The molecule has 0 aromatic heterocycles. The molecule has 1 N–H and O–H groups in total. The van der Waals surface area contributed by atoms with Crippen molar-refractivity contribution in [2.75, 3.05) is 13.1 Å². The van der Waals surface area contributed by atoms with Gasteiger partial charge in [0.15, 0.2) is 0 Å². The molecule has 0 atom stereocenters. The highest BCUT2D eigenvalue weighted by molar-refractivity contribution is 5.89. The zero-order valence-electron chi connectivity index (χ0n) is 12.1. The van der Waals surface area contributed by atoms with Crippen molar-refractivity contribution in [1.82, 2.24) is 4.90 Å². The second-order valence-electron chi connectivity index (χ2n) is 6.33. The summed E-state index contributed by atoms with van der Waals surface area (Å²) in [6.07, 6.45) is 4.28. The lowest BCUT2D eigenvalue weighted by Crippen LogP contribution is -2.53. The number of nitrogens with zero attached hydrogens (tertiary/aromatic N) is 1. The number of aliphatic hydroxyl groups is 1. The molecule has 1 aromatic rings. The SMILES string of the molecule is Cc1cccc(C2(C(=O)N3CCC(O)CC3)CCC2)c1. The number of hydrogen-bond acceptors (Lipinski definition) is 2. The van der Waals surface area contributed by atoms with Crippen LogP contribution in [0.4, 0.5) is 0 Å². The van der Waals surface area contributed by atoms with Gasteiger partial charge in [-0.3, -0.25) is 4.79 Å². The Morgan fingerprint density at radius 2 is 2.00 bits per heavy atom. The van der Waals surface area contributed by atoms with Gasteiger partial charge in [-0.15, -0.1) is 0 Å². The highest BCUT2D eigenvalue weighted by Crippen LogP contribution is 2.45. The van der Waals surface area contributed by atoms with Gasteiger partial charge in [0.2, 0.25) is 5.91 Å². The average Bonchev–Trinajstić information content (AvgIpc) is 2.38. The number of rotatable bonds is 2. The maximum absolute atomic E-state index is 13.0. The van der Waals surface area contributed by atoms with Crippen LogP contribution in [0, 0.1) is 6.92 Å². The van der Waals surface area contributed by atoms with Crippen molar-refractivity contribution < 1.29 is 9.90 Å². The Balaban J connectivity index is 1.84. The molecule has 3 rings (SSSR count). The Bertz CT molecular complexity index is 499. The lowest BCUT2D eigenvalue weighted by Gasteiger charge is -2.45. The van der Waals surface area contributed by atoms with Crippen molar-refractivity contribution >= 4 is 5.91 Å². The van der Waals surface area contributed by atoms with Gasteiger partial charge in [0.1, 0.15) is 0 Å². The van der Waals surface area contributed by atoms with Crippen molar-refractivity contribution in [3.8, 4) is 0 Å². The van der Waals surface area contributed by atoms with E-state index >= 15 is 0 Å². The van der Waals surface area contributed by atoms with E-state index in [4.69, 9.17) is 0 Å². The molecule has 3 nitrogen and oxygen atoms in total. The molecular weight excluding hydrogens is 250 g/mol. The Kier molecular flexibility index (Phi) is 3.55. The van der Waals surface area contributed by atoms with Crippen LogP contribution >= 0.6 is 0 Å². The minimum Gasteiger partial charge on any atom is -0.393 e. The van der Waals surface area contributed by atoms with Crippen LogP contribution in [0.1, 0.15) is 43.2 Å². The minimum atomic E-state index is -0.283. The van der Waals surface area contributed by atoms with E-state index in [1.807, 2.05) is 4.90 Å². The molecule has 20 heavy (non-hydrogen) atoms. The largest absolute Gasteiger partial charge is 0.393 e. The molecule has 108 valence electrons. The van der Waals surface area contributed by atoms with Crippen LogP contribution in [0.3, 0.4) is 0 Å². The van der Waals surface area contributed by atoms with Gasteiger partial charge >= 0.3 is 0 Å². The molecule has 1 aliphatic heterocycles. The normalized spacial score (nSPS) is 22.4. The van der Waals surface area contributed by atoms with E-state index in [0.717, 1.165) is 32.1 Å². The number of aliphatic hydroxyl groups excluding tert-OH is 1. The van der Waals surface area contributed by atoms with Crippen LogP contribution in [0.2, 0.25) is 0 Å². The summed E-state index contributed by atoms with van der Waals surface area (Å²) < 4.78 is 0. The summed E-state index contributed by atoms with van der Waals surface area (Å²) in [5.74, 6) is 0.279. The van der Waals surface area contributed by atoms with Crippen LogP contribution in [-0.2, 0) is 10.2 Å². The van der Waals surface area contributed by atoms with E-state index < -0.39 is 0 Å². The van der Waals surface area contributed by atoms with Crippen LogP contribution in [0.25, 0.3) is 0 Å². The first kappa shape index (κ1) is 13.6. The van der Waals surface area contributed by atoms with E-state index in [0.29, 0.717) is 13.1 Å². The topological polar surface area (TPSA) is 40.5 Å². The van der Waals surface area contributed by atoms with Gasteiger partial charge in [-0.1, -0.05) is 36.2 Å². The minimum absolute atomic E-state index is 0.227. The molecule has 0 radical (unpaired) electrons. The number of carbonyl (C=O) groups is 1. The van der Waals surface area contributed by atoms with E-state index in [1.54, 1.807) is 0 Å². The van der Waals surface area contributed by atoms with E-state index in [2.05, 4.69) is 31.2 Å². The van der Waals surface area contributed by atoms with Crippen molar-refractivity contribution in [3.63, 3.8) is 0 Å². The zero-order valence-corrected chi connectivity index (χ0v) is 12.1. The predicted octanol–water partition coefficient (Wildman–Crippen LogP) is 2.40. The second-order valence-corrected chi connectivity index (χ2v) is 6.33. The number of piperidine rings is 1. The summed E-state index contributed by atoms with van der Waals surface area (Å²) in [5, 5.41) is 9.60. The Hall–Kier alpha value is -1.35. The smallest absolute Gasteiger partial charge is 0.233 e. The van der Waals surface area contributed by atoms with Crippen LogP contribution in [0.15, 0.2) is 24.3 Å². The molecule has 1 saturated carbocycles. The highest BCUT2D eigenvalue weighted by Gasteiger charge is 2.47. The molecule has 1 aromatic carbocycles. The first-order valence-corrected chi connectivity index (χ1v) is 7.66. The van der Waals surface area contributed by atoms with Crippen LogP contribution in [0.5, 0.6) is 0 Å². The van der Waals surface area contributed by atoms with Crippen molar-refractivity contribution in [1.29, 1.82) is 0 Å². The van der Waals surface area contributed by atoms with E-state index in [9.17, 15) is 9.90 Å². The molecule has 1 saturated heterocycles. The number of hydrogen-bond donors (Lipinski definition) is 1. The number of benzene rings is 1. The lowest BCUT2D eigenvalue weighted by molar-refractivity contribution is -0.143. The third kappa shape index (κ3) is 2.24. The monoisotopic (exact) mass is 273 g/mol. The van der Waals surface area contributed by atoms with Gasteiger partial charge in [-0.2, -0.15) is 0 Å². The standard InChI is InChI=1S/C17H23NO2/c1-13-4-2-5-14(12-13)17(8-3-9-17)16(20)18-10-6-15(19)7-11-18/h2,4-5,12,15,19H,3,6-11H2,1H3. The number of aryl methyl sites for hydroxylation is 1. The third-order valence-electron chi connectivity index (χ3n) is 4.94. The molecule has 0 unspecified atom stereocenters. The quantitative estimate of drug-likeness (QED) is 0.899. The van der Waals surface area contributed by atoms with E-state index in [-0.39, 0.29) is 17.4 Å². The average molecular weight is 273 g/mol. The second kappa shape index (κ2) is 5.21. The summed E-state index contributed by atoms with van der Waals surface area (Å²) in [7, 11) is 0. The number of carbonyl (C=O) groups excluding carboxylic acids is 1. The predicted molar refractivity (Wildman–Crippen MR) is 78.5 cm³/mol. The van der Waals surface area contributed by atoms with Crippen LogP contribution < -0.4 is 0 Å². The molecule has 1 amide bonds. The lowest BCUT2D eigenvalue weighted by atomic mass is 9.63. The summed E-state index contributed by atoms with van der Waals surface area (Å²) in [6.45, 7) is 3.48. The van der Waals surface area contributed by atoms with Crippen molar-refractivity contribution in [3.05, 3.63) is 35.4 Å². The molecule has 3 heteroatoms. The third-order valence-corrected chi connectivity index (χ3v) is 4.94. The number of likely N-dealkylation sites (tertiary alicyclic amines) is 1. The Morgan fingerprint density at radius 1 is 1.30 bits per heavy atom. The molecule has 1 heterocycles. The van der Waals surface area contributed by atoms with Gasteiger partial charge < -0.3 is 10.0 Å². The summed E-state index contributed by atoms with van der Waals surface area (Å²) in [6, 6.07) is 8.40. The maximum Gasteiger partial charge on any atom is 0.233 e. The zero-order chi connectivity index (χ0) is 14.2. The van der Waals surface area contributed by atoms with Crippen LogP contribution in [-0.4, -0.2) is 35.1 Å². The molecule has 1 aliphatic carbocycles. The fraction of sp³-hybridized carbons (Fsp3) is 0.588. The summed E-state index contributed by atoms with van der Waals surface area (Å²) >= 11 is 0. The van der Waals surface area contributed by atoms with E-state index in [1.165, 1.54) is 11.1 Å². The number of amides is 1. The van der Waals surface area contributed by atoms with Gasteiger partial charge in [0, 0.05) is 13.1 Å². The first-order valence-electron chi connectivity index (χ1n) is 7.66. The molecular formula is C17H23NO2. The Morgan fingerprint density at radius 3 is 2.55 bits per heavy atom. The Labute approximate surface area is 120 Å². The fourth-order valence-corrected chi connectivity index (χ4v) is 3.47. The molecule has 0 bridgehead atoms. The molecule has 2 aliphatic rings. The first-order chi connectivity index (χ1) is 9.62. The summed E-state index contributed by atoms with van der Waals surface area (Å²) in [4.78, 5) is 14.9. The van der Waals surface area contributed by atoms with Gasteiger partial charge in [-0.05, 0) is 38.2 Å². The van der Waals surface area contributed by atoms with Crippen molar-refractivity contribution in [2.24, 2.45) is 0 Å². The molecule has 0 spiro atoms. The fourth-order valence-electron chi connectivity index (χ4n) is 3.47. The van der Waals surface area contributed by atoms with Gasteiger partial charge in [0.25, 0.3) is 0 Å². The maximum atomic E-state index is 13.0.